The molecule has 0 aromatic carbocycles. The Hall–Kier alpha value is -1.92. The number of halogens is 1. The van der Waals surface area contributed by atoms with Crippen molar-refractivity contribution in [3.8, 4) is 0 Å². The number of anilines is 2. The van der Waals surface area contributed by atoms with Crippen LogP contribution in [0.4, 0.5) is 16.2 Å². The van der Waals surface area contributed by atoms with Gasteiger partial charge in [0.15, 0.2) is 11.6 Å². The Kier molecular flexibility index (Phi) is 6.04. The molecule has 2 aliphatic rings. The molecule has 3 rings (SSSR count). The summed E-state index contributed by atoms with van der Waals surface area (Å²) in [5.74, 6) is 0.320. The number of rotatable bonds is 6. The predicted octanol–water partition coefficient (Wildman–Crippen LogP) is 2.60. The minimum absolute atomic E-state index is 0.100. The van der Waals surface area contributed by atoms with Gasteiger partial charge in [-0.1, -0.05) is 19.3 Å². The highest BCUT2D eigenvalue weighted by molar-refractivity contribution is 5.47. The van der Waals surface area contributed by atoms with E-state index in [1.54, 1.807) is 0 Å². The average molecular weight is 349 g/mol. The quantitative estimate of drug-likeness (QED) is 0.799. The number of nitrogen functional groups attached to an aromatic ring is 1. The summed E-state index contributed by atoms with van der Waals surface area (Å²) < 4.78 is 13.3. The molecule has 1 amide bonds. The molecule has 1 saturated carbocycles. The van der Waals surface area contributed by atoms with Crippen molar-refractivity contribution in [2.75, 3.05) is 30.3 Å². The second-order valence-electron chi connectivity index (χ2n) is 7.28. The Morgan fingerprint density at radius 1 is 1.28 bits per heavy atom. The summed E-state index contributed by atoms with van der Waals surface area (Å²) in [6.07, 6.45) is 11.4. The number of amides is 1. The molecule has 138 valence electrons. The second-order valence-corrected chi connectivity index (χ2v) is 7.28. The van der Waals surface area contributed by atoms with Crippen LogP contribution in [-0.2, 0) is 4.79 Å². The van der Waals surface area contributed by atoms with Crippen molar-refractivity contribution in [2.24, 2.45) is 5.92 Å². The van der Waals surface area contributed by atoms with Crippen LogP contribution in [0.25, 0.3) is 0 Å². The van der Waals surface area contributed by atoms with Crippen LogP contribution in [0.1, 0.15) is 51.4 Å². The number of nitrogens with zero attached hydrogens (tertiary/aromatic N) is 4. The average Bonchev–Trinajstić information content (AvgIpc) is 2.65. The minimum Gasteiger partial charge on any atom is -0.381 e. The third kappa shape index (κ3) is 4.58. The maximum atomic E-state index is 13.3. The fourth-order valence-electron chi connectivity index (χ4n) is 4.07. The van der Waals surface area contributed by atoms with Gasteiger partial charge in [0.2, 0.25) is 12.4 Å². The van der Waals surface area contributed by atoms with Gasteiger partial charge in [-0.05, 0) is 38.0 Å². The van der Waals surface area contributed by atoms with Crippen LogP contribution in [0.5, 0.6) is 0 Å². The van der Waals surface area contributed by atoms with E-state index in [1.165, 1.54) is 19.3 Å². The molecular weight excluding hydrogens is 321 g/mol. The van der Waals surface area contributed by atoms with E-state index in [9.17, 15) is 9.18 Å². The maximum absolute atomic E-state index is 13.3. The third-order valence-electron chi connectivity index (χ3n) is 5.53. The van der Waals surface area contributed by atoms with Gasteiger partial charge in [-0.15, -0.1) is 0 Å². The van der Waals surface area contributed by atoms with E-state index in [1.807, 2.05) is 4.90 Å². The van der Waals surface area contributed by atoms with E-state index >= 15 is 0 Å². The summed E-state index contributed by atoms with van der Waals surface area (Å²) in [5, 5.41) is 0. The molecule has 1 saturated heterocycles. The number of nitrogens with two attached hydrogens (primary N) is 1. The molecule has 1 aliphatic carbocycles. The number of carbonyl (C=O) groups is 1. The van der Waals surface area contributed by atoms with Crippen LogP contribution in [-0.4, -0.2) is 47.0 Å². The SMILES string of the molecule is Nc1nc(N2CCCC(CCN(C=O)C3CCCCC3)C2)ncc1F. The number of hydrogen-bond donors (Lipinski definition) is 1. The fourth-order valence-corrected chi connectivity index (χ4v) is 4.07. The van der Waals surface area contributed by atoms with Crippen LogP contribution >= 0.6 is 0 Å². The Morgan fingerprint density at radius 3 is 2.80 bits per heavy atom. The van der Waals surface area contributed by atoms with Crippen molar-refractivity contribution in [1.82, 2.24) is 14.9 Å². The molecule has 1 aromatic rings. The molecule has 0 bridgehead atoms. The topological polar surface area (TPSA) is 75.3 Å². The minimum atomic E-state index is -0.577. The second kappa shape index (κ2) is 8.45. The Morgan fingerprint density at radius 2 is 2.08 bits per heavy atom. The first-order chi connectivity index (χ1) is 12.2. The first kappa shape index (κ1) is 17.9. The third-order valence-corrected chi connectivity index (χ3v) is 5.53. The van der Waals surface area contributed by atoms with E-state index in [2.05, 4.69) is 14.9 Å². The smallest absolute Gasteiger partial charge is 0.227 e. The van der Waals surface area contributed by atoms with Gasteiger partial charge >= 0.3 is 0 Å². The van der Waals surface area contributed by atoms with E-state index in [0.29, 0.717) is 17.9 Å². The normalized spacial score (nSPS) is 22.0. The summed E-state index contributed by atoms with van der Waals surface area (Å²) in [4.78, 5) is 23.7. The lowest BCUT2D eigenvalue weighted by Gasteiger charge is -2.35. The van der Waals surface area contributed by atoms with Gasteiger partial charge in [-0.3, -0.25) is 4.79 Å². The van der Waals surface area contributed by atoms with E-state index in [0.717, 1.165) is 64.3 Å². The summed E-state index contributed by atoms with van der Waals surface area (Å²) in [7, 11) is 0. The van der Waals surface area contributed by atoms with Gasteiger partial charge in [0.05, 0.1) is 6.20 Å². The van der Waals surface area contributed by atoms with Crippen molar-refractivity contribution in [3.05, 3.63) is 12.0 Å². The van der Waals surface area contributed by atoms with Crippen LogP contribution in [0.2, 0.25) is 0 Å². The molecule has 2 fully saturated rings. The molecule has 1 aromatic heterocycles. The van der Waals surface area contributed by atoms with Crippen LogP contribution in [0.15, 0.2) is 6.20 Å². The molecule has 2 N–H and O–H groups in total. The number of carbonyl (C=O) groups excluding carboxylic acids is 1. The number of piperidine rings is 1. The van der Waals surface area contributed by atoms with Gasteiger partial charge in [0.1, 0.15) is 0 Å². The van der Waals surface area contributed by atoms with Gasteiger partial charge in [0.25, 0.3) is 0 Å². The van der Waals surface area contributed by atoms with E-state index in [4.69, 9.17) is 5.73 Å². The van der Waals surface area contributed by atoms with Crippen LogP contribution < -0.4 is 10.6 Å². The number of aromatic nitrogens is 2. The van der Waals surface area contributed by atoms with Crippen LogP contribution in [0, 0.1) is 11.7 Å². The highest BCUT2D eigenvalue weighted by atomic mass is 19.1. The summed E-state index contributed by atoms with van der Waals surface area (Å²) in [6, 6.07) is 0.422. The lowest BCUT2D eigenvalue weighted by atomic mass is 9.92. The Balaban J connectivity index is 1.54. The highest BCUT2D eigenvalue weighted by Crippen LogP contribution is 2.26. The van der Waals surface area contributed by atoms with Crippen molar-refractivity contribution < 1.29 is 9.18 Å². The van der Waals surface area contributed by atoms with Gasteiger partial charge < -0.3 is 15.5 Å². The lowest BCUT2D eigenvalue weighted by Crippen LogP contribution is -2.40. The molecule has 7 heteroatoms. The molecule has 0 spiro atoms. The monoisotopic (exact) mass is 349 g/mol. The summed E-state index contributed by atoms with van der Waals surface area (Å²) >= 11 is 0. The first-order valence-corrected chi connectivity index (χ1v) is 9.41. The first-order valence-electron chi connectivity index (χ1n) is 9.41. The standard InChI is InChI=1S/C18H28FN5O/c19-16-11-21-18(22-17(16)20)23-9-4-5-14(12-23)8-10-24(13-25)15-6-2-1-3-7-15/h11,13-15H,1-10,12H2,(H2,20,21,22). The largest absolute Gasteiger partial charge is 0.381 e. The molecule has 1 atom stereocenters. The molecule has 0 radical (unpaired) electrons. The summed E-state index contributed by atoms with van der Waals surface area (Å²) in [6.45, 7) is 2.52. The zero-order valence-corrected chi connectivity index (χ0v) is 14.7. The maximum Gasteiger partial charge on any atom is 0.227 e. The van der Waals surface area contributed by atoms with Crippen molar-refractivity contribution in [3.63, 3.8) is 0 Å². The highest BCUT2D eigenvalue weighted by Gasteiger charge is 2.25. The van der Waals surface area contributed by atoms with Gasteiger partial charge in [-0.25, -0.2) is 9.37 Å². The fraction of sp³-hybridized carbons (Fsp3) is 0.722. The van der Waals surface area contributed by atoms with Crippen molar-refractivity contribution >= 4 is 18.2 Å². The predicted molar refractivity (Wildman–Crippen MR) is 95.6 cm³/mol. The van der Waals surface area contributed by atoms with E-state index in [-0.39, 0.29) is 5.82 Å². The van der Waals surface area contributed by atoms with Crippen molar-refractivity contribution in [2.45, 2.75) is 57.4 Å². The zero-order chi connectivity index (χ0) is 17.6. The molecular formula is C18H28FN5O. The molecule has 2 heterocycles. The Labute approximate surface area is 148 Å². The van der Waals surface area contributed by atoms with Crippen LogP contribution in [0.3, 0.4) is 0 Å². The lowest BCUT2D eigenvalue weighted by molar-refractivity contribution is -0.121. The molecule has 6 nitrogen and oxygen atoms in total. The molecule has 1 unspecified atom stereocenters. The number of hydrogen-bond acceptors (Lipinski definition) is 5. The molecule has 1 aliphatic heterocycles. The molecule has 25 heavy (non-hydrogen) atoms. The van der Waals surface area contributed by atoms with Gasteiger partial charge in [-0.2, -0.15) is 4.98 Å². The van der Waals surface area contributed by atoms with Gasteiger partial charge in [0, 0.05) is 25.7 Å². The Bertz CT molecular complexity index is 579. The zero-order valence-electron chi connectivity index (χ0n) is 14.7. The summed E-state index contributed by atoms with van der Waals surface area (Å²) in [5.41, 5.74) is 5.56. The van der Waals surface area contributed by atoms with Crippen molar-refractivity contribution in [1.29, 1.82) is 0 Å². The van der Waals surface area contributed by atoms with E-state index < -0.39 is 5.82 Å².